The summed E-state index contributed by atoms with van der Waals surface area (Å²) < 4.78 is 1.62. The third-order valence-corrected chi connectivity index (χ3v) is 4.99. The van der Waals surface area contributed by atoms with Crippen LogP contribution in [0.15, 0.2) is 96.2 Å². The van der Waals surface area contributed by atoms with E-state index in [9.17, 15) is 4.79 Å². The maximum atomic E-state index is 12.6. The van der Waals surface area contributed by atoms with Crippen molar-refractivity contribution in [2.45, 2.75) is 6.54 Å². The van der Waals surface area contributed by atoms with E-state index < -0.39 is 0 Å². The lowest BCUT2D eigenvalue weighted by Gasteiger charge is -2.08. The summed E-state index contributed by atoms with van der Waals surface area (Å²) in [6.45, 7) is 0.481. The molecule has 0 saturated heterocycles. The lowest BCUT2D eigenvalue weighted by molar-refractivity contribution is 0.747. The Bertz CT molecular complexity index is 1350. The van der Waals surface area contributed by atoms with Gasteiger partial charge < -0.3 is 0 Å². The van der Waals surface area contributed by atoms with Gasteiger partial charge in [0.2, 0.25) is 0 Å². The van der Waals surface area contributed by atoms with Gasteiger partial charge in [0, 0.05) is 6.20 Å². The van der Waals surface area contributed by atoms with E-state index in [1.165, 1.54) is 16.3 Å². The Balaban J connectivity index is 1.45. The van der Waals surface area contributed by atoms with Crippen LogP contribution in [0.5, 0.6) is 0 Å². The molecule has 2 heterocycles. The first-order valence-corrected chi connectivity index (χ1v) is 9.16. The van der Waals surface area contributed by atoms with E-state index in [4.69, 9.17) is 0 Å². The van der Waals surface area contributed by atoms with Crippen LogP contribution in [0.3, 0.4) is 0 Å². The highest BCUT2D eigenvalue weighted by Gasteiger charge is 2.06. The molecule has 0 radical (unpaired) electrons. The maximum Gasteiger partial charge on any atom is 0.263 e. The molecule has 28 heavy (non-hydrogen) atoms. The second-order valence-electron chi connectivity index (χ2n) is 6.81. The van der Waals surface area contributed by atoms with Crippen molar-refractivity contribution in [1.82, 2.24) is 14.5 Å². The van der Waals surface area contributed by atoms with Gasteiger partial charge in [0.25, 0.3) is 5.56 Å². The number of hydrogen-bond donors (Lipinski definition) is 0. The second-order valence-corrected chi connectivity index (χ2v) is 6.81. The zero-order valence-corrected chi connectivity index (χ0v) is 15.1. The molecule has 0 amide bonds. The molecule has 0 N–H and O–H groups in total. The lowest BCUT2D eigenvalue weighted by atomic mass is 10.0. The van der Waals surface area contributed by atoms with Crippen molar-refractivity contribution in [3.63, 3.8) is 0 Å². The molecule has 0 spiro atoms. The molecule has 0 aliphatic heterocycles. The molecule has 5 aromatic rings. The summed E-state index contributed by atoms with van der Waals surface area (Å²) >= 11 is 0. The number of nitrogens with zero attached hydrogens (tertiary/aromatic N) is 3. The molecule has 0 unspecified atom stereocenters. The second kappa shape index (κ2) is 6.74. The lowest BCUT2D eigenvalue weighted by Crippen LogP contribution is -2.21. The van der Waals surface area contributed by atoms with Gasteiger partial charge in [-0.1, -0.05) is 60.7 Å². The molecule has 2 aromatic heterocycles. The summed E-state index contributed by atoms with van der Waals surface area (Å²) in [5, 5.41) is 3.00. The zero-order chi connectivity index (χ0) is 18.9. The number of pyridine rings is 1. The minimum atomic E-state index is -0.0725. The van der Waals surface area contributed by atoms with Crippen molar-refractivity contribution in [3.8, 4) is 11.1 Å². The number of fused-ring (bicyclic) bond motifs is 2. The van der Waals surface area contributed by atoms with Crippen LogP contribution < -0.4 is 5.56 Å². The minimum absolute atomic E-state index is 0.0725. The third kappa shape index (κ3) is 2.95. The molecule has 0 aliphatic carbocycles. The summed E-state index contributed by atoms with van der Waals surface area (Å²) in [5.41, 5.74) is 3.80. The number of benzene rings is 3. The highest BCUT2D eigenvalue weighted by Crippen LogP contribution is 2.24. The van der Waals surface area contributed by atoms with Gasteiger partial charge in [-0.2, -0.15) is 0 Å². The molecule has 5 rings (SSSR count). The van der Waals surface area contributed by atoms with Crippen LogP contribution in [0, 0.1) is 0 Å². The fourth-order valence-electron chi connectivity index (χ4n) is 3.48. The molecule has 4 nitrogen and oxygen atoms in total. The fourth-order valence-corrected chi connectivity index (χ4v) is 3.48. The minimum Gasteiger partial charge on any atom is -0.294 e. The summed E-state index contributed by atoms with van der Waals surface area (Å²) in [4.78, 5) is 21.0. The smallest absolute Gasteiger partial charge is 0.263 e. The van der Waals surface area contributed by atoms with Crippen molar-refractivity contribution in [2.24, 2.45) is 0 Å². The molecule has 4 heteroatoms. The van der Waals surface area contributed by atoms with Crippen LogP contribution in [0.25, 0.3) is 32.9 Å². The van der Waals surface area contributed by atoms with Crippen LogP contribution in [0.4, 0.5) is 0 Å². The van der Waals surface area contributed by atoms with Crippen molar-refractivity contribution < 1.29 is 0 Å². The van der Waals surface area contributed by atoms with Gasteiger partial charge in [-0.25, -0.2) is 9.97 Å². The van der Waals surface area contributed by atoms with E-state index in [1.807, 2.05) is 0 Å². The Hall–Kier alpha value is -3.79. The van der Waals surface area contributed by atoms with Crippen molar-refractivity contribution in [3.05, 3.63) is 107 Å². The van der Waals surface area contributed by atoms with Gasteiger partial charge >= 0.3 is 0 Å². The number of rotatable bonds is 3. The molecule has 0 bridgehead atoms. The van der Waals surface area contributed by atoms with E-state index in [0.717, 1.165) is 11.1 Å². The Morgan fingerprint density at radius 1 is 0.750 bits per heavy atom. The van der Waals surface area contributed by atoms with Gasteiger partial charge in [-0.3, -0.25) is 9.36 Å². The van der Waals surface area contributed by atoms with Crippen molar-refractivity contribution >= 4 is 21.8 Å². The van der Waals surface area contributed by atoms with E-state index in [0.29, 0.717) is 17.6 Å². The van der Waals surface area contributed by atoms with Gasteiger partial charge in [0.1, 0.15) is 6.33 Å². The molecule has 3 aromatic carbocycles. The van der Waals surface area contributed by atoms with Crippen LogP contribution in [0.1, 0.15) is 5.56 Å². The predicted octanol–water partition coefficient (Wildman–Crippen LogP) is 4.66. The van der Waals surface area contributed by atoms with Crippen molar-refractivity contribution in [1.29, 1.82) is 0 Å². The Labute approximate surface area is 161 Å². The largest absolute Gasteiger partial charge is 0.294 e. The first-order chi connectivity index (χ1) is 13.8. The van der Waals surface area contributed by atoms with Gasteiger partial charge in [0.15, 0.2) is 5.65 Å². The Morgan fingerprint density at radius 2 is 1.54 bits per heavy atom. The predicted molar refractivity (Wildman–Crippen MR) is 112 cm³/mol. The quantitative estimate of drug-likeness (QED) is 0.468. The number of aromatic nitrogens is 3. The first-order valence-electron chi connectivity index (χ1n) is 9.16. The third-order valence-electron chi connectivity index (χ3n) is 4.99. The van der Waals surface area contributed by atoms with Gasteiger partial charge in [0.05, 0.1) is 11.9 Å². The standard InChI is InChI=1S/C24H17N3O/c28-24-22-6-3-13-25-23(22)26-16-27(24)15-17-7-9-19(10-8-17)21-12-11-18-4-1-2-5-20(18)14-21/h1-14,16H,15H2. The van der Waals surface area contributed by atoms with Gasteiger partial charge in [-0.15, -0.1) is 0 Å². The van der Waals surface area contributed by atoms with E-state index >= 15 is 0 Å². The van der Waals surface area contributed by atoms with Crippen molar-refractivity contribution in [2.75, 3.05) is 0 Å². The highest BCUT2D eigenvalue weighted by molar-refractivity contribution is 5.87. The normalized spacial score (nSPS) is 11.1. The molecular weight excluding hydrogens is 346 g/mol. The molecule has 0 fully saturated rings. The van der Waals surface area contributed by atoms with E-state index in [1.54, 1.807) is 29.2 Å². The average Bonchev–Trinajstić information content (AvgIpc) is 2.76. The monoisotopic (exact) mass is 363 g/mol. The Kier molecular flexibility index (Phi) is 3.95. The van der Waals surface area contributed by atoms with Crippen LogP contribution in [0.2, 0.25) is 0 Å². The van der Waals surface area contributed by atoms with Gasteiger partial charge in [-0.05, 0) is 45.7 Å². The van der Waals surface area contributed by atoms with Crippen LogP contribution >= 0.6 is 0 Å². The number of hydrogen-bond acceptors (Lipinski definition) is 3. The molecule has 0 saturated carbocycles. The van der Waals surface area contributed by atoms with Crippen LogP contribution in [-0.2, 0) is 6.54 Å². The fraction of sp³-hybridized carbons (Fsp3) is 0.0417. The van der Waals surface area contributed by atoms with E-state index in [-0.39, 0.29) is 5.56 Å². The van der Waals surface area contributed by atoms with Crippen LogP contribution in [-0.4, -0.2) is 14.5 Å². The molecular formula is C24H17N3O. The first kappa shape index (κ1) is 16.4. The summed E-state index contributed by atoms with van der Waals surface area (Å²) in [6, 6.07) is 26.7. The molecule has 134 valence electrons. The summed E-state index contributed by atoms with van der Waals surface area (Å²) in [6.07, 6.45) is 3.21. The molecule has 0 atom stereocenters. The Morgan fingerprint density at radius 3 is 2.39 bits per heavy atom. The zero-order valence-electron chi connectivity index (χ0n) is 15.1. The highest BCUT2D eigenvalue weighted by atomic mass is 16.1. The summed E-state index contributed by atoms with van der Waals surface area (Å²) in [5.74, 6) is 0. The SMILES string of the molecule is O=c1c2cccnc2ncn1Cc1ccc(-c2ccc3ccccc3c2)cc1. The summed E-state index contributed by atoms with van der Waals surface area (Å²) in [7, 11) is 0. The average molecular weight is 363 g/mol. The topological polar surface area (TPSA) is 47.8 Å². The maximum absolute atomic E-state index is 12.6. The molecule has 0 aliphatic rings. The van der Waals surface area contributed by atoms with E-state index in [2.05, 4.69) is 76.7 Å².